The molecule has 2 fully saturated rings. The standard InChI is InChI=1S/C35H41N3O5/c1-4-14-24(3)36-21-13-20-35-29(32(41)38(30(35)33(36)42)27(23-39)25-15-8-6-9-16-25)28-31(40)37(26-17-10-7-11-18-26)22-12-19-34(28,5-2)43-35/h6-13,15-20,24,27-30,39H,4-5,14,21-23H2,1-3H3/t24?,27-,28-,29+,30?,34+,35+/m1/s1. The van der Waals surface area contributed by atoms with Gasteiger partial charge in [0.2, 0.25) is 17.7 Å². The number of rotatable bonds is 8. The van der Waals surface area contributed by atoms with Crippen LogP contribution in [-0.4, -0.2) is 75.6 Å². The number of likely N-dealkylation sites (tertiary alicyclic amines) is 1. The van der Waals surface area contributed by atoms with Crippen LogP contribution < -0.4 is 4.90 Å². The predicted molar refractivity (Wildman–Crippen MR) is 164 cm³/mol. The van der Waals surface area contributed by atoms with E-state index in [2.05, 4.69) is 6.92 Å². The molecule has 4 heterocycles. The van der Waals surface area contributed by atoms with Crippen molar-refractivity contribution in [2.75, 3.05) is 24.6 Å². The molecule has 0 bridgehead atoms. The van der Waals surface area contributed by atoms with Crippen molar-refractivity contribution in [2.24, 2.45) is 11.8 Å². The molecule has 3 amide bonds. The number of aliphatic hydroxyl groups is 1. The van der Waals surface area contributed by atoms with Gasteiger partial charge in [0, 0.05) is 24.8 Å². The van der Waals surface area contributed by atoms with E-state index in [9.17, 15) is 19.5 Å². The highest BCUT2D eigenvalue weighted by Gasteiger charge is 2.76. The zero-order valence-corrected chi connectivity index (χ0v) is 25.1. The Morgan fingerprint density at radius 3 is 2.21 bits per heavy atom. The third kappa shape index (κ3) is 4.45. The van der Waals surface area contributed by atoms with Gasteiger partial charge in [-0.1, -0.05) is 93.1 Å². The minimum Gasteiger partial charge on any atom is -0.394 e. The highest BCUT2D eigenvalue weighted by molar-refractivity contribution is 6.04. The fourth-order valence-electron chi connectivity index (χ4n) is 7.89. The molecule has 2 aromatic rings. The normalized spacial score (nSPS) is 31.4. The molecule has 2 saturated heterocycles. The summed E-state index contributed by atoms with van der Waals surface area (Å²) in [7, 11) is 0. The minimum atomic E-state index is -1.38. The lowest BCUT2D eigenvalue weighted by molar-refractivity contribution is -0.157. The van der Waals surface area contributed by atoms with E-state index in [4.69, 9.17) is 4.74 Å². The first-order chi connectivity index (χ1) is 20.8. The van der Waals surface area contributed by atoms with E-state index >= 15 is 0 Å². The van der Waals surface area contributed by atoms with Gasteiger partial charge in [-0.05, 0) is 37.5 Å². The summed E-state index contributed by atoms with van der Waals surface area (Å²) in [6, 6.07) is 16.9. The highest BCUT2D eigenvalue weighted by atomic mass is 16.5. The maximum atomic E-state index is 14.9. The molecule has 1 spiro atoms. The first-order valence-electron chi connectivity index (χ1n) is 15.5. The van der Waals surface area contributed by atoms with Crippen LogP contribution in [0.3, 0.4) is 0 Å². The Morgan fingerprint density at radius 1 is 0.884 bits per heavy atom. The summed E-state index contributed by atoms with van der Waals surface area (Å²) < 4.78 is 7.11. The van der Waals surface area contributed by atoms with Crippen molar-refractivity contribution < 1.29 is 24.2 Å². The number of anilines is 1. The van der Waals surface area contributed by atoms with Crippen LogP contribution in [0.1, 0.15) is 51.6 Å². The van der Waals surface area contributed by atoms with Crippen molar-refractivity contribution in [3.05, 3.63) is 90.5 Å². The van der Waals surface area contributed by atoms with E-state index in [1.165, 1.54) is 4.90 Å². The maximum Gasteiger partial charge on any atom is 0.249 e. The molecular weight excluding hydrogens is 542 g/mol. The molecule has 0 aliphatic carbocycles. The number of amides is 3. The van der Waals surface area contributed by atoms with E-state index in [0.717, 1.165) is 24.1 Å². The predicted octanol–water partition coefficient (Wildman–Crippen LogP) is 4.27. The largest absolute Gasteiger partial charge is 0.394 e. The first-order valence-corrected chi connectivity index (χ1v) is 15.5. The van der Waals surface area contributed by atoms with E-state index < -0.39 is 35.1 Å². The van der Waals surface area contributed by atoms with Crippen LogP contribution in [0.2, 0.25) is 0 Å². The van der Waals surface area contributed by atoms with E-state index in [-0.39, 0.29) is 30.4 Å². The van der Waals surface area contributed by atoms with Gasteiger partial charge in [-0.3, -0.25) is 14.4 Å². The first kappa shape index (κ1) is 29.3. The molecule has 1 N–H and O–H groups in total. The lowest BCUT2D eigenvalue weighted by Gasteiger charge is -2.41. The fourth-order valence-corrected chi connectivity index (χ4v) is 7.89. The van der Waals surface area contributed by atoms with Gasteiger partial charge in [0.1, 0.15) is 11.6 Å². The van der Waals surface area contributed by atoms with Crippen LogP contribution in [-0.2, 0) is 19.1 Å². The van der Waals surface area contributed by atoms with Gasteiger partial charge >= 0.3 is 0 Å². The van der Waals surface area contributed by atoms with Crippen molar-refractivity contribution in [3.8, 4) is 0 Å². The van der Waals surface area contributed by atoms with Gasteiger partial charge in [0.05, 0.1) is 30.1 Å². The molecule has 0 radical (unpaired) electrons. The number of nitrogens with zero attached hydrogens (tertiary/aromatic N) is 3. The Balaban J connectivity index is 1.53. The van der Waals surface area contributed by atoms with Crippen molar-refractivity contribution in [2.45, 2.75) is 69.4 Å². The molecular formula is C35H41N3O5. The second-order valence-electron chi connectivity index (χ2n) is 12.2. The molecule has 43 heavy (non-hydrogen) atoms. The van der Waals surface area contributed by atoms with Gasteiger partial charge in [-0.2, -0.15) is 0 Å². The molecule has 7 atom stereocenters. The molecule has 4 aliphatic rings. The van der Waals surface area contributed by atoms with Crippen LogP contribution in [0, 0.1) is 11.8 Å². The second-order valence-corrected chi connectivity index (χ2v) is 12.2. The lowest BCUT2D eigenvalue weighted by Crippen LogP contribution is -2.58. The fraction of sp³-hybridized carbons (Fsp3) is 0.457. The van der Waals surface area contributed by atoms with Crippen LogP contribution in [0.5, 0.6) is 0 Å². The van der Waals surface area contributed by atoms with Crippen molar-refractivity contribution in [1.29, 1.82) is 0 Å². The highest BCUT2D eigenvalue weighted by Crippen LogP contribution is 2.60. The molecule has 8 nitrogen and oxygen atoms in total. The maximum absolute atomic E-state index is 14.9. The lowest BCUT2D eigenvalue weighted by atomic mass is 9.73. The summed E-state index contributed by atoms with van der Waals surface area (Å²) in [6.07, 6.45) is 9.89. The molecule has 8 heteroatoms. The molecule has 4 aliphatic heterocycles. The summed E-state index contributed by atoms with van der Waals surface area (Å²) in [5.41, 5.74) is -0.977. The number of aliphatic hydroxyl groups excluding tert-OH is 1. The number of carbonyl (C=O) groups excluding carboxylic acids is 3. The van der Waals surface area contributed by atoms with Crippen LogP contribution in [0.4, 0.5) is 5.69 Å². The average molecular weight is 584 g/mol. The van der Waals surface area contributed by atoms with Gasteiger partial charge in [0.15, 0.2) is 0 Å². The Bertz CT molecular complexity index is 1430. The van der Waals surface area contributed by atoms with Gasteiger partial charge in [-0.15, -0.1) is 0 Å². The number of carbonyl (C=O) groups is 3. The zero-order chi connectivity index (χ0) is 30.4. The van der Waals surface area contributed by atoms with E-state index in [1.807, 2.05) is 104 Å². The molecule has 2 unspecified atom stereocenters. The summed E-state index contributed by atoms with van der Waals surface area (Å²) in [4.78, 5) is 49.4. The number of fused-ring (bicyclic) bond motifs is 2. The van der Waals surface area contributed by atoms with Crippen molar-refractivity contribution >= 4 is 23.4 Å². The number of ether oxygens (including phenoxy) is 1. The summed E-state index contributed by atoms with van der Waals surface area (Å²) in [5, 5.41) is 10.8. The molecule has 0 saturated carbocycles. The van der Waals surface area contributed by atoms with Gasteiger partial charge in [-0.25, -0.2) is 0 Å². The molecule has 2 aromatic carbocycles. The van der Waals surface area contributed by atoms with Crippen LogP contribution in [0.25, 0.3) is 0 Å². The smallest absolute Gasteiger partial charge is 0.249 e. The third-order valence-corrected chi connectivity index (χ3v) is 9.91. The SMILES string of the molecule is CCCC(C)N1CC=C[C@]23O[C@@]4(CC)C=CCN(c5ccccc5)C(=O)[C@H]4[C@H]2C(=O)N([C@H](CO)c2ccccc2)C3C1=O. The Morgan fingerprint density at radius 2 is 1.56 bits per heavy atom. The Kier molecular flexibility index (Phi) is 7.77. The van der Waals surface area contributed by atoms with Crippen LogP contribution >= 0.6 is 0 Å². The summed E-state index contributed by atoms with van der Waals surface area (Å²) in [5.74, 6) is -2.56. The zero-order valence-electron chi connectivity index (χ0n) is 25.1. The number of hydrogen-bond acceptors (Lipinski definition) is 5. The van der Waals surface area contributed by atoms with E-state index in [1.54, 1.807) is 4.90 Å². The molecule has 226 valence electrons. The molecule has 0 aromatic heterocycles. The Hall–Kier alpha value is -3.75. The number of hydrogen-bond donors (Lipinski definition) is 1. The number of benzene rings is 2. The topological polar surface area (TPSA) is 90.4 Å². The van der Waals surface area contributed by atoms with Gasteiger partial charge < -0.3 is 24.5 Å². The van der Waals surface area contributed by atoms with Crippen molar-refractivity contribution in [1.82, 2.24) is 9.80 Å². The third-order valence-electron chi connectivity index (χ3n) is 9.91. The number of para-hydroxylation sites is 1. The average Bonchev–Trinajstić information content (AvgIpc) is 3.31. The van der Waals surface area contributed by atoms with Crippen molar-refractivity contribution in [3.63, 3.8) is 0 Å². The van der Waals surface area contributed by atoms with E-state index in [0.29, 0.717) is 19.5 Å². The minimum absolute atomic E-state index is 0.0558. The van der Waals surface area contributed by atoms with Gasteiger partial charge in [0.25, 0.3) is 0 Å². The Labute approximate surface area is 253 Å². The second kappa shape index (κ2) is 11.4. The summed E-state index contributed by atoms with van der Waals surface area (Å²) in [6.45, 7) is 6.45. The molecule has 6 rings (SSSR count). The quantitative estimate of drug-likeness (QED) is 0.469. The van der Waals surface area contributed by atoms with Crippen LogP contribution in [0.15, 0.2) is 85.0 Å². The summed E-state index contributed by atoms with van der Waals surface area (Å²) >= 11 is 0. The monoisotopic (exact) mass is 583 g/mol.